The molecule has 1 aliphatic heterocycles. The topological polar surface area (TPSA) is 79.6 Å². The molecule has 1 atom stereocenters. The van der Waals surface area contributed by atoms with Gasteiger partial charge in [0.2, 0.25) is 10.0 Å². The molecule has 0 amide bonds. The van der Waals surface area contributed by atoms with E-state index in [4.69, 9.17) is 0 Å². The van der Waals surface area contributed by atoms with Gasteiger partial charge < -0.3 is 5.32 Å². The van der Waals surface area contributed by atoms with Gasteiger partial charge in [-0.2, -0.15) is 4.31 Å². The number of sulfonamides is 1. The van der Waals surface area contributed by atoms with E-state index < -0.39 is 10.0 Å². The average Bonchev–Trinajstić information content (AvgIpc) is 3.04. The lowest BCUT2D eigenvalue weighted by atomic mass is 10.2. The molecule has 0 radical (unpaired) electrons. The van der Waals surface area contributed by atoms with Crippen molar-refractivity contribution < 1.29 is 8.42 Å². The first-order chi connectivity index (χ1) is 9.98. The number of aryl methyl sites for hydroxylation is 1. The Kier molecular flexibility index (Phi) is 3.58. The highest BCUT2D eigenvalue weighted by molar-refractivity contribution is 7.89. The minimum atomic E-state index is -3.10. The highest BCUT2D eigenvalue weighted by atomic mass is 32.2. The Bertz CT molecular complexity index is 755. The fraction of sp³-hybridized carbons (Fsp3) is 0.538. The van der Waals surface area contributed by atoms with Gasteiger partial charge >= 0.3 is 0 Å². The molecular weight excluding hydrogens is 290 g/mol. The van der Waals surface area contributed by atoms with Crippen LogP contribution in [0.2, 0.25) is 0 Å². The van der Waals surface area contributed by atoms with Gasteiger partial charge in [0.25, 0.3) is 0 Å². The number of rotatable bonds is 4. The van der Waals surface area contributed by atoms with Crippen LogP contribution in [0.25, 0.3) is 5.65 Å². The fourth-order valence-corrected chi connectivity index (χ4v) is 3.72. The van der Waals surface area contributed by atoms with Gasteiger partial charge in [-0.3, -0.25) is 0 Å². The molecule has 1 saturated heterocycles. The van der Waals surface area contributed by atoms with Crippen molar-refractivity contribution in [1.29, 1.82) is 0 Å². The molecule has 0 aliphatic carbocycles. The third kappa shape index (κ3) is 2.86. The van der Waals surface area contributed by atoms with Crippen molar-refractivity contribution in [3.05, 3.63) is 24.0 Å². The van der Waals surface area contributed by atoms with E-state index >= 15 is 0 Å². The molecule has 21 heavy (non-hydrogen) atoms. The Balaban J connectivity index is 1.71. The van der Waals surface area contributed by atoms with Crippen molar-refractivity contribution >= 4 is 21.5 Å². The maximum absolute atomic E-state index is 11.8. The largest absolute Gasteiger partial charge is 0.365 e. The predicted octanol–water partition coefficient (Wildman–Crippen LogP) is 0.874. The molecule has 3 rings (SSSR count). The van der Waals surface area contributed by atoms with Crippen LogP contribution in [0.3, 0.4) is 0 Å². The molecule has 7 nitrogen and oxygen atoms in total. The van der Waals surface area contributed by atoms with Crippen molar-refractivity contribution in [3.8, 4) is 0 Å². The van der Waals surface area contributed by atoms with Crippen molar-refractivity contribution in [2.45, 2.75) is 26.3 Å². The molecule has 0 saturated carbocycles. The van der Waals surface area contributed by atoms with Crippen LogP contribution in [0.4, 0.5) is 5.82 Å². The molecule has 1 fully saturated rings. The van der Waals surface area contributed by atoms with Crippen LogP contribution in [0.15, 0.2) is 18.3 Å². The van der Waals surface area contributed by atoms with Crippen LogP contribution in [0.5, 0.6) is 0 Å². The summed E-state index contributed by atoms with van der Waals surface area (Å²) in [5, 5.41) is 7.74. The van der Waals surface area contributed by atoms with E-state index in [2.05, 4.69) is 15.4 Å². The summed E-state index contributed by atoms with van der Waals surface area (Å²) in [5.41, 5.74) is 1.72. The molecular formula is C13H19N5O2S. The maximum atomic E-state index is 11.8. The number of nitrogens with one attached hydrogen (secondary N) is 1. The molecule has 1 N–H and O–H groups in total. The van der Waals surface area contributed by atoms with E-state index in [-0.39, 0.29) is 11.8 Å². The van der Waals surface area contributed by atoms with Crippen molar-refractivity contribution in [1.82, 2.24) is 18.9 Å². The van der Waals surface area contributed by atoms with Gasteiger partial charge in [-0.15, -0.1) is 5.10 Å². The highest BCUT2D eigenvalue weighted by Gasteiger charge is 2.30. The van der Waals surface area contributed by atoms with E-state index in [9.17, 15) is 8.42 Å². The molecule has 0 spiro atoms. The van der Waals surface area contributed by atoms with E-state index in [1.165, 1.54) is 0 Å². The Morgan fingerprint density at radius 3 is 3.00 bits per heavy atom. The highest BCUT2D eigenvalue weighted by Crippen LogP contribution is 2.18. The van der Waals surface area contributed by atoms with Gasteiger partial charge in [0.05, 0.1) is 17.6 Å². The summed E-state index contributed by atoms with van der Waals surface area (Å²) in [6.07, 6.45) is 2.66. The Morgan fingerprint density at radius 2 is 2.24 bits per heavy atom. The Hall–Kier alpha value is -1.67. The number of aromatic nitrogens is 3. The van der Waals surface area contributed by atoms with Gasteiger partial charge in [-0.25, -0.2) is 17.9 Å². The second kappa shape index (κ2) is 5.27. The van der Waals surface area contributed by atoms with Gasteiger partial charge in [-0.05, 0) is 32.4 Å². The quantitative estimate of drug-likeness (QED) is 0.906. The summed E-state index contributed by atoms with van der Waals surface area (Å²) in [7, 11) is -3.10. The minimum Gasteiger partial charge on any atom is -0.365 e. The van der Waals surface area contributed by atoms with E-state index in [0.29, 0.717) is 13.1 Å². The van der Waals surface area contributed by atoms with Gasteiger partial charge in [0.1, 0.15) is 5.82 Å². The predicted molar refractivity (Wildman–Crippen MR) is 80.8 cm³/mol. The Morgan fingerprint density at radius 1 is 1.43 bits per heavy atom. The summed E-state index contributed by atoms with van der Waals surface area (Å²) >= 11 is 0. The maximum Gasteiger partial charge on any atom is 0.213 e. The summed E-state index contributed by atoms with van der Waals surface area (Å²) in [6, 6.07) is 3.87. The first kappa shape index (κ1) is 14.3. The summed E-state index contributed by atoms with van der Waals surface area (Å²) in [5.74, 6) is 0.888. The smallest absolute Gasteiger partial charge is 0.213 e. The Labute approximate surface area is 124 Å². The first-order valence-electron chi connectivity index (χ1n) is 7.05. The minimum absolute atomic E-state index is 0.0980. The van der Waals surface area contributed by atoms with Crippen LogP contribution in [0, 0.1) is 6.92 Å². The van der Waals surface area contributed by atoms with E-state index in [1.54, 1.807) is 15.7 Å². The van der Waals surface area contributed by atoms with Crippen molar-refractivity contribution in [2.75, 3.05) is 24.2 Å². The first-order valence-corrected chi connectivity index (χ1v) is 8.66. The summed E-state index contributed by atoms with van der Waals surface area (Å²) in [4.78, 5) is 4.33. The number of fused-ring (bicyclic) bond motifs is 1. The van der Waals surface area contributed by atoms with Crippen LogP contribution in [-0.4, -0.2) is 52.2 Å². The van der Waals surface area contributed by atoms with Crippen LogP contribution in [-0.2, 0) is 10.0 Å². The third-order valence-electron chi connectivity index (χ3n) is 3.70. The van der Waals surface area contributed by atoms with Gasteiger partial charge in [-0.1, -0.05) is 0 Å². The summed E-state index contributed by atoms with van der Waals surface area (Å²) in [6.45, 7) is 4.66. The lowest BCUT2D eigenvalue weighted by Crippen LogP contribution is -2.32. The fourth-order valence-electron chi connectivity index (χ4n) is 2.57. The van der Waals surface area contributed by atoms with Crippen LogP contribution >= 0.6 is 0 Å². The van der Waals surface area contributed by atoms with Crippen LogP contribution in [0.1, 0.15) is 19.0 Å². The zero-order chi connectivity index (χ0) is 15.0. The van der Waals surface area contributed by atoms with Crippen molar-refractivity contribution in [3.63, 3.8) is 0 Å². The zero-order valence-corrected chi connectivity index (χ0v) is 13.0. The number of anilines is 1. The monoisotopic (exact) mass is 309 g/mol. The molecule has 114 valence electrons. The number of nitrogens with zero attached hydrogens (tertiary/aromatic N) is 4. The van der Waals surface area contributed by atoms with E-state index in [0.717, 1.165) is 23.6 Å². The molecule has 3 heterocycles. The average molecular weight is 309 g/mol. The van der Waals surface area contributed by atoms with E-state index in [1.807, 2.05) is 25.3 Å². The number of hydrogen-bond acceptors (Lipinski definition) is 5. The lowest BCUT2D eigenvalue weighted by Gasteiger charge is -2.16. The molecule has 8 heteroatoms. The van der Waals surface area contributed by atoms with Crippen LogP contribution < -0.4 is 5.32 Å². The molecule has 1 unspecified atom stereocenters. The molecule has 0 aromatic carbocycles. The standard InChI is InChI=1S/C13H19N5O2S/c1-3-21(19,20)17-7-6-11(9-17)15-12-4-5-13-14-10(2)8-18(13)16-12/h4-5,8,11H,3,6-7,9H2,1-2H3,(H,15,16). The number of imidazole rings is 1. The number of hydrogen-bond donors (Lipinski definition) is 1. The SMILES string of the molecule is CCS(=O)(=O)N1CCC(Nc2ccc3nc(C)cn3n2)C1. The van der Waals surface area contributed by atoms with Crippen molar-refractivity contribution in [2.24, 2.45) is 0 Å². The second-order valence-electron chi connectivity index (χ2n) is 5.29. The second-order valence-corrected chi connectivity index (χ2v) is 7.55. The molecule has 0 bridgehead atoms. The molecule has 1 aliphatic rings. The molecule has 2 aromatic heterocycles. The van der Waals surface area contributed by atoms with Gasteiger partial charge in [0, 0.05) is 19.1 Å². The summed E-state index contributed by atoms with van der Waals surface area (Å²) < 4.78 is 27.0. The third-order valence-corrected chi connectivity index (χ3v) is 5.55. The zero-order valence-electron chi connectivity index (χ0n) is 12.2. The lowest BCUT2D eigenvalue weighted by molar-refractivity contribution is 0.475. The molecule has 2 aromatic rings. The normalized spacial score (nSPS) is 20.2. The van der Waals surface area contributed by atoms with Gasteiger partial charge in [0.15, 0.2) is 5.65 Å².